The Labute approximate surface area is 234 Å². The lowest BCUT2D eigenvalue weighted by Crippen LogP contribution is -2.26. The molecule has 208 valence electrons. The molecule has 0 aliphatic carbocycles. The summed E-state index contributed by atoms with van der Waals surface area (Å²) in [7, 11) is 0. The van der Waals surface area contributed by atoms with Crippen molar-refractivity contribution in [2.45, 2.75) is 38.5 Å². The molecule has 3 aromatic carbocycles. The van der Waals surface area contributed by atoms with Crippen LogP contribution in [0, 0.1) is 5.92 Å². The standard InChI is InChI=1S/C33H35NO6/c35-31-7-3-20-34(31)21-4-22-40-30-6-2-1-5-27(30)15-12-25(23-26-13-18-29(19-14-26)33(38)39)9-8-24-10-16-28(17-11-24)32(36)37/h1-2,5-6,10-19,25H,3-4,7-9,20-23H2,(H,36,37)(H,38,39). The minimum Gasteiger partial charge on any atom is -0.493 e. The minimum absolute atomic E-state index is 0.157. The van der Waals surface area contributed by atoms with Gasteiger partial charge in [-0.15, -0.1) is 0 Å². The Kier molecular flexibility index (Phi) is 10.1. The van der Waals surface area contributed by atoms with E-state index in [1.54, 1.807) is 24.3 Å². The fourth-order valence-electron chi connectivity index (χ4n) is 4.89. The van der Waals surface area contributed by atoms with Gasteiger partial charge in [0.2, 0.25) is 5.91 Å². The Morgan fingerprint density at radius 3 is 2.17 bits per heavy atom. The average molecular weight is 542 g/mol. The minimum atomic E-state index is -0.948. The maximum atomic E-state index is 11.8. The summed E-state index contributed by atoms with van der Waals surface area (Å²) in [6.07, 6.45) is 8.94. The summed E-state index contributed by atoms with van der Waals surface area (Å²) in [5, 5.41) is 18.4. The van der Waals surface area contributed by atoms with E-state index in [-0.39, 0.29) is 23.0 Å². The number of carbonyl (C=O) groups excluding carboxylic acids is 1. The van der Waals surface area contributed by atoms with Gasteiger partial charge in [0.1, 0.15) is 5.75 Å². The molecular formula is C33H35NO6. The van der Waals surface area contributed by atoms with Gasteiger partial charge in [-0.25, -0.2) is 9.59 Å². The van der Waals surface area contributed by atoms with Crippen molar-refractivity contribution in [2.75, 3.05) is 19.7 Å². The number of rotatable bonds is 14. The third-order valence-corrected chi connectivity index (χ3v) is 7.17. The summed E-state index contributed by atoms with van der Waals surface area (Å²) < 4.78 is 6.09. The predicted molar refractivity (Wildman–Crippen MR) is 154 cm³/mol. The first-order valence-corrected chi connectivity index (χ1v) is 13.7. The number of hydrogen-bond donors (Lipinski definition) is 2. The molecule has 1 fully saturated rings. The number of carboxylic acids is 2. The molecule has 1 unspecified atom stereocenters. The number of allylic oxidation sites excluding steroid dienone is 1. The molecule has 1 saturated heterocycles. The lowest BCUT2D eigenvalue weighted by atomic mass is 9.91. The number of likely N-dealkylation sites (tertiary alicyclic amines) is 1. The van der Waals surface area contributed by atoms with Crippen molar-refractivity contribution in [3.05, 3.63) is 107 Å². The van der Waals surface area contributed by atoms with Crippen LogP contribution in [0.15, 0.2) is 78.9 Å². The number of aromatic carboxylic acids is 2. The second kappa shape index (κ2) is 14.1. The van der Waals surface area contributed by atoms with Gasteiger partial charge in [0.25, 0.3) is 0 Å². The Hall–Kier alpha value is -4.39. The van der Waals surface area contributed by atoms with E-state index in [1.807, 2.05) is 53.4 Å². The number of carbonyl (C=O) groups is 3. The topological polar surface area (TPSA) is 104 Å². The third-order valence-electron chi connectivity index (χ3n) is 7.17. The van der Waals surface area contributed by atoms with Crippen molar-refractivity contribution >= 4 is 23.9 Å². The summed E-state index contributed by atoms with van der Waals surface area (Å²) in [5.74, 6) is -0.715. The molecule has 2 N–H and O–H groups in total. The maximum Gasteiger partial charge on any atom is 0.335 e. The lowest BCUT2D eigenvalue weighted by molar-refractivity contribution is -0.127. The van der Waals surface area contributed by atoms with Crippen LogP contribution in [0.5, 0.6) is 5.75 Å². The van der Waals surface area contributed by atoms with Crippen LogP contribution in [0.2, 0.25) is 0 Å². The van der Waals surface area contributed by atoms with Crippen LogP contribution in [0.3, 0.4) is 0 Å². The Balaban J connectivity index is 1.43. The number of nitrogens with zero attached hydrogens (tertiary/aromatic N) is 1. The molecule has 7 nitrogen and oxygen atoms in total. The quantitative estimate of drug-likeness (QED) is 0.243. The zero-order valence-electron chi connectivity index (χ0n) is 22.5. The van der Waals surface area contributed by atoms with E-state index >= 15 is 0 Å². The highest BCUT2D eigenvalue weighted by atomic mass is 16.5. The molecule has 40 heavy (non-hydrogen) atoms. The fraction of sp³-hybridized carbons (Fsp3) is 0.303. The molecule has 7 heteroatoms. The van der Waals surface area contributed by atoms with E-state index in [2.05, 4.69) is 12.2 Å². The van der Waals surface area contributed by atoms with E-state index in [4.69, 9.17) is 9.84 Å². The summed E-state index contributed by atoms with van der Waals surface area (Å²) in [6, 6.07) is 21.8. The molecular weight excluding hydrogens is 506 g/mol. The number of amides is 1. The third kappa shape index (κ3) is 8.30. The Morgan fingerprint density at radius 1 is 0.900 bits per heavy atom. The molecule has 1 atom stereocenters. The van der Waals surface area contributed by atoms with Crippen molar-refractivity contribution < 1.29 is 29.3 Å². The van der Waals surface area contributed by atoms with Crippen LogP contribution in [-0.2, 0) is 17.6 Å². The number of para-hydroxylation sites is 1. The van der Waals surface area contributed by atoms with Crippen LogP contribution in [0.25, 0.3) is 6.08 Å². The van der Waals surface area contributed by atoms with E-state index in [0.717, 1.165) is 61.1 Å². The van der Waals surface area contributed by atoms with Crippen LogP contribution in [0.1, 0.15) is 63.1 Å². The summed E-state index contributed by atoms with van der Waals surface area (Å²) in [6.45, 7) is 2.08. The molecule has 1 aliphatic heterocycles. The molecule has 0 saturated carbocycles. The van der Waals surface area contributed by atoms with Gasteiger partial charge >= 0.3 is 11.9 Å². The van der Waals surface area contributed by atoms with Gasteiger partial charge in [-0.3, -0.25) is 4.79 Å². The SMILES string of the molecule is O=C(O)c1ccc(CCC(C=Cc2ccccc2OCCCN2CCCC2=O)Cc2ccc(C(=O)O)cc2)cc1. The highest BCUT2D eigenvalue weighted by Crippen LogP contribution is 2.24. The van der Waals surface area contributed by atoms with Crippen LogP contribution >= 0.6 is 0 Å². The molecule has 0 spiro atoms. The number of carboxylic acid groups (broad SMARTS) is 2. The number of ether oxygens (including phenoxy) is 1. The molecule has 0 bridgehead atoms. The maximum absolute atomic E-state index is 11.8. The Bertz CT molecular complexity index is 1330. The highest BCUT2D eigenvalue weighted by Gasteiger charge is 2.19. The van der Waals surface area contributed by atoms with Gasteiger partial charge in [0.15, 0.2) is 0 Å². The van der Waals surface area contributed by atoms with Gasteiger partial charge < -0.3 is 19.8 Å². The van der Waals surface area contributed by atoms with Crippen molar-refractivity contribution in [1.29, 1.82) is 0 Å². The first kappa shape index (κ1) is 28.6. The molecule has 1 amide bonds. The van der Waals surface area contributed by atoms with Gasteiger partial charge in [-0.1, -0.05) is 54.6 Å². The van der Waals surface area contributed by atoms with Gasteiger partial charge in [0, 0.05) is 25.1 Å². The summed E-state index contributed by atoms with van der Waals surface area (Å²) >= 11 is 0. The normalized spacial score (nSPS) is 14.0. The van der Waals surface area contributed by atoms with E-state index in [9.17, 15) is 19.5 Å². The van der Waals surface area contributed by atoms with Gasteiger partial charge in [0.05, 0.1) is 17.7 Å². The monoisotopic (exact) mass is 541 g/mol. The lowest BCUT2D eigenvalue weighted by Gasteiger charge is -2.16. The van der Waals surface area contributed by atoms with E-state index in [1.165, 1.54) is 0 Å². The Morgan fingerprint density at radius 2 is 1.55 bits per heavy atom. The van der Waals surface area contributed by atoms with E-state index < -0.39 is 11.9 Å². The van der Waals surface area contributed by atoms with Gasteiger partial charge in [-0.2, -0.15) is 0 Å². The number of hydrogen-bond acceptors (Lipinski definition) is 4. The smallest absolute Gasteiger partial charge is 0.335 e. The molecule has 0 aromatic heterocycles. The van der Waals surface area contributed by atoms with Gasteiger partial charge in [-0.05, 0) is 79.5 Å². The van der Waals surface area contributed by atoms with Crippen LogP contribution in [0.4, 0.5) is 0 Å². The molecule has 1 aliphatic rings. The van der Waals surface area contributed by atoms with Crippen molar-refractivity contribution in [1.82, 2.24) is 4.90 Å². The van der Waals surface area contributed by atoms with Crippen molar-refractivity contribution in [3.8, 4) is 5.75 Å². The molecule has 1 heterocycles. The fourth-order valence-corrected chi connectivity index (χ4v) is 4.89. The van der Waals surface area contributed by atoms with Crippen molar-refractivity contribution in [3.63, 3.8) is 0 Å². The number of benzene rings is 3. The van der Waals surface area contributed by atoms with Crippen LogP contribution < -0.4 is 4.74 Å². The molecule has 4 rings (SSSR count). The van der Waals surface area contributed by atoms with Crippen LogP contribution in [-0.4, -0.2) is 52.7 Å². The first-order chi connectivity index (χ1) is 19.4. The second-order valence-electron chi connectivity index (χ2n) is 10.1. The van der Waals surface area contributed by atoms with E-state index in [0.29, 0.717) is 19.6 Å². The zero-order valence-corrected chi connectivity index (χ0v) is 22.5. The highest BCUT2D eigenvalue weighted by molar-refractivity contribution is 5.88. The number of aryl methyl sites for hydroxylation is 1. The zero-order chi connectivity index (χ0) is 28.3. The average Bonchev–Trinajstić information content (AvgIpc) is 3.37. The molecule has 3 aromatic rings. The largest absolute Gasteiger partial charge is 0.493 e. The second-order valence-corrected chi connectivity index (χ2v) is 10.1. The molecule has 0 radical (unpaired) electrons. The first-order valence-electron chi connectivity index (χ1n) is 13.7. The predicted octanol–water partition coefficient (Wildman–Crippen LogP) is 5.98. The summed E-state index contributed by atoms with van der Waals surface area (Å²) in [5.41, 5.74) is 3.60. The van der Waals surface area contributed by atoms with Crippen molar-refractivity contribution in [2.24, 2.45) is 5.92 Å². The summed E-state index contributed by atoms with van der Waals surface area (Å²) in [4.78, 5) is 36.2.